The van der Waals surface area contributed by atoms with Crippen LogP contribution in [0.3, 0.4) is 0 Å². The first-order valence-corrected chi connectivity index (χ1v) is 6.97. The van der Waals surface area contributed by atoms with Gasteiger partial charge in [0.05, 0.1) is 0 Å². The summed E-state index contributed by atoms with van der Waals surface area (Å²) in [6.45, 7) is 10.0. The minimum atomic E-state index is -0.903. The molecule has 0 aromatic rings. The van der Waals surface area contributed by atoms with Gasteiger partial charge in [0.25, 0.3) is 0 Å². The summed E-state index contributed by atoms with van der Waals surface area (Å²) in [6, 6.07) is -0.886. The van der Waals surface area contributed by atoms with E-state index in [4.69, 9.17) is 5.11 Å². The van der Waals surface area contributed by atoms with Gasteiger partial charge in [0.1, 0.15) is 6.04 Å². The molecule has 0 aromatic carbocycles. The minimum absolute atomic E-state index is 0.233. The molecule has 1 unspecified atom stereocenters. The summed E-state index contributed by atoms with van der Waals surface area (Å²) in [7, 11) is 0. The number of nitrogens with one attached hydrogen (secondary N) is 1. The number of hydrogen-bond acceptors (Lipinski definition) is 2. The Morgan fingerprint density at radius 1 is 1.26 bits per heavy atom. The molecule has 1 aliphatic carbocycles. The van der Waals surface area contributed by atoms with Crippen molar-refractivity contribution in [2.45, 2.75) is 46.6 Å². The normalized spacial score (nSPS) is 28.2. The van der Waals surface area contributed by atoms with Gasteiger partial charge in [0.2, 0.25) is 0 Å². The highest BCUT2D eigenvalue weighted by atomic mass is 16.4. The lowest BCUT2D eigenvalue weighted by molar-refractivity contribution is -0.141. The van der Waals surface area contributed by atoms with Gasteiger partial charge in [-0.25, -0.2) is 9.59 Å². The highest BCUT2D eigenvalue weighted by Gasteiger charge is 2.64. The number of amides is 2. The molecule has 2 rings (SSSR count). The van der Waals surface area contributed by atoms with Crippen molar-refractivity contribution >= 4 is 12.0 Å². The van der Waals surface area contributed by atoms with Gasteiger partial charge in [-0.15, -0.1) is 0 Å². The van der Waals surface area contributed by atoms with Crippen molar-refractivity contribution in [1.82, 2.24) is 10.2 Å². The van der Waals surface area contributed by atoms with Crippen molar-refractivity contribution < 1.29 is 14.7 Å². The van der Waals surface area contributed by atoms with E-state index < -0.39 is 12.0 Å². The molecule has 108 valence electrons. The Morgan fingerprint density at radius 2 is 1.84 bits per heavy atom. The number of likely N-dealkylation sites (tertiary alicyclic amines) is 1. The zero-order valence-electron chi connectivity index (χ0n) is 12.2. The Hall–Kier alpha value is -1.26. The number of carboxylic acid groups (broad SMARTS) is 1. The van der Waals surface area contributed by atoms with Crippen LogP contribution in [0.5, 0.6) is 0 Å². The fourth-order valence-electron chi connectivity index (χ4n) is 3.40. The molecule has 2 N–H and O–H groups in total. The Balaban J connectivity index is 1.88. The highest BCUT2D eigenvalue weighted by molar-refractivity contribution is 5.83. The lowest BCUT2D eigenvalue weighted by Crippen LogP contribution is -2.46. The third-order valence-corrected chi connectivity index (χ3v) is 5.58. The maximum atomic E-state index is 12.1. The van der Waals surface area contributed by atoms with Crippen LogP contribution in [0.2, 0.25) is 0 Å². The van der Waals surface area contributed by atoms with Gasteiger partial charge in [0, 0.05) is 13.1 Å². The summed E-state index contributed by atoms with van der Waals surface area (Å²) in [4.78, 5) is 24.6. The molecule has 5 nitrogen and oxygen atoms in total. The Labute approximate surface area is 114 Å². The lowest BCUT2D eigenvalue weighted by atomic mass is 10.0. The zero-order chi connectivity index (χ0) is 14.4. The van der Waals surface area contributed by atoms with Gasteiger partial charge < -0.3 is 15.3 Å². The maximum absolute atomic E-state index is 12.1. The molecule has 5 heteroatoms. The van der Waals surface area contributed by atoms with E-state index in [1.807, 2.05) is 0 Å². The molecule has 1 saturated heterocycles. The van der Waals surface area contributed by atoms with E-state index in [1.54, 1.807) is 0 Å². The largest absolute Gasteiger partial charge is 0.480 e. The van der Waals surface area contributed by atoms with E-state index in [0.29, 0.717) is 25.4 Å². The molecule has 1 saturated carbocycles. The third kappa shape index (κ3) is 2.19. The summed E-state index contributed by atoms with van der Waals surface area (Å²) < 4.78 is 0. The topological polar surface area (TPSA) is 69.6 Å². The average Bonchev–Trinajstić information content (AvgIpc) is 2.72. The number of carbonyl (C=O) groups excluding carboxylic acids is 1. The van der Waals surface area contributed by atoms with Crippen molar-refractivity contribution in [3.8, 4) is 0 Å². The van der Waals surface area contributed by atoms with Crippen molar-refractivity contribution in [2.24, 2.45) is 16.7 Å². The fraction of sp³-hybridized carbons (Fsp3) is 0.857. The van der Waals surface area contributed by atoms with Gasteiger partial charge in [-0.1, -0.05) is 27.7 Å². The number of nitrogens with zero attached hydrogens (tertiary/aromatic N) is 1. The van der Waals surface area contributed by atoms with Crippen molar-refractivity contribution in [3.05, 3.63) is 0 Å². The van der Waals surface area contributed by atoms with Crippen LogP contribution in [0.4, 0.5) is 4.79 Å². The van der Waals surface area contributed by atoms with Crippen LogP contribution in [0.25, 0.3) is 0 Å². The standard InChI is InChI=1S/C14H24N2O3/c1-13(2)10(14(13,3)4)8-15-12(19)16-7-5-6-9(16)11(17)18/h9-10H,5-8H2,1-4H3,(H,15,19)(H,17,18). The third-order valence-electron chi connectivity index (χ3n) is 5.58. The first-order chi connectivity index (χ1) is 8.69. The molecule has 0 spiro atoms. The Bertz CT molecular complexity index is 389. The van der Waals surface area contributed by atoms with Gasteiger partial charge >= 0.3 is 12.0 Å². The van der Waals surface area contributed by atoms with E-state index in [9.17, 15) is 9.59 Å². The molecule has 19 heavy (non-hydrogen) atoms. The van der Waals surface area contributed by atoms with Gasteiger partial charge in [-0.3, -0.25) is 0 Å². The zero-order valence-corrected chi connectivity index (χ0v) is 12.2. The van der Waals surface area contributed by atoms with Crippen LogP contribution in [0.15, 0.2) is 0 Å². The Kier molecular flexibility index (Phi) is 3.27. The molecule has 1 heterocycles. The first-order valence-electron chi connectivity index (χ1n) is 6.97. The second-order valence-corrected chi connectivity index (χ2v) is 6.87. The predicted molar refractivity (Wildman–Crippen MR) is 71.8 cm³/mol. The van der Waals surface area contributed by atoms with Crippen molar-refractivity contribution in [3.63, 3.8) is 0 Å². The number of carboxylic acids is 1. The summed E-state index contributed by atoms with van der Waals surface area (Å²) >= 11 is 0. The van der Waals surface area contributed by atoms with E-state index in [1.165, 1.54) is 4.90 Å². The maximum Gasteiger partial charge on any atom is 0.326 e. The molecule has 2 amide bonds. The summed E-state index contributed by atoms with van der Waals surface area (Å²) in [6.07, 6.45) is 1.33. The molecular formula is C14H24N2O3. The highest BCUT2D eigenvalue weighted by Crippen LogP contribution is 2.67. The smallest absolute Gasteiger partial charge is 0.326 e. The monoisotopic (exact) mass is 268 g/mol. The number of rotatable bonds is 3. The average molecular weight is 268 g/mol. The Morgan fingerprint density at radius 3 is 2.32 bits per heavy atom. The number of hydrogen-bond donors (Lipinski definition) is 2. The van der Waals surface area contributed by atoms with Gasteiger partial charge in [-0.2, -0.15) is 0 Å². The van der Waals surface area contributed by atoms with Crippen molar-refractivity contribution in [1.29, 1.82) is 0 Å². The summed E-state index contributed by atoms with van der Waals surface area (Å²) in [5.41, 5.74) is 0.467. The molecular weight excluding hydrogens is 244 g/mol. The van der Waals surface area contributed by atoms with Crippen LogP contribution >= 0.6 is 0 Å². The van der Waals surface area contributed by atoms with Crippen LogP contribution in [0, 0.1) is 16.7 Å². The SMILES string of the molecule is CC1(C)C(CNC(=O)N2CCCC2C(=O)O)C1(C)C. The van der Waals surface area contributed by atoms with Crippen molar-refractivity contribution in [2.75, 3.05) is 13.1 Å². The number of aliphatic carboxylic acids is 1. The summed E-state index contributed by atoms with van der Waals surface area (Å²) in [5, 5.41) is 12.0. The molecule has 0 bridgehead atoms. The van der Waals surface area contributed by atoms with Gasteiger partial charge in [0.15, 0.2) is 0 Å². The second kappa shape index (κ2) is 4.39. The van der Waals surface area contributed by atoms with E-state index in [-0.39, 0.29) is 16.9 Å². The molecule has 1 atom stereocenters. The number of urea groups is 1. The van der Waals surface area contributed by atoms with Crippen LogP contribution in [0.1, 0.15) is 40.5 Å². The van der Waals surface area contributed by atoms with Crippen LogP contribution < -0.4 is 5.32 Å². The lowest BCUT2D eigenvalue weighted by Gasteiger charge is -2.22. The first kappa shape index (κ1) is 14.2. The molecule has 0 radical (unpaired) electrons. The molecule has 2 fully saturated rings. The molecule has 2 aliphatic rings. The molecule has 1 aliphatic heterocycles. The predicted octanol–water partition coefficient (Wildman–Crippen LogP) is 1.93. The van der Waals surface area contributed by atoms with Gasteiger partial charge in [-0.05, 0) is 29.6 Å². The minimum Gasteiger partial charge on any atom is -0.480 e. The van der Waals surface area contributed by atoms with E-state index in [2.05, 4.69) is 33.0 Å². The summed E-state index contributed by atoms with van der Waals surface area (Å²) in [5.74, 6) is -0.449. The quantitative estimate of drug-likeness (QED) is 0.821. The van der Waals surface area contributed by atoms with Crippen LogP contribution in [-0.4, -0.2) is 41.1 Å². The van der Waals surface area contributed by atoms with E-state index in [0.717, 1.165) is 6.42 Å². The molecule has 0 aromatic heterocycles. The second-order valence-electron chi connectivity index (χ2n) is 6.87. The fourth-order valence-corrected chi connectivity index (χ4v) is 3.40. The number of carbonyl (C=O) groups is 2. The van der Waals surface area contributed by atoms with Crippen LogP contribution in [-0.2, 0) is 4.79 Å². The van der Waals surface area contributed by atoms with E-state index >= 15 is 0 Å².